The van der Waals surface area contributed by atoms with Crippen molar-refractivity contribution in [2.45, 2.75) is 38.8 Å². The fraction of sp³-hybridized carbons (Fsp3) is 0.310. The van der Waals surface area contributed by atoms with Gasteiger partial charge in [0.15, 0.2) is 11.6 Å². The number of unbranched alkanes of at least 4 members (excludes halogenated alkanes) is 1. The number of anilines is 1. The molecule has 11 heteroatoms. The van der Waals surface area contributed by atoms with E-state index < -0.39 is 51.9 Å². The van der Waals surface area contributed by atoms with E-state index in [4.69, 9.17) is 0 Å². The number of amides is 2. The fourth-order valence-corrected chi connectivity index (χ4v) is 4.97. The third-order valence-electron chi connectivity index (χ3n) is 6.27. The number of hydrogen-bond acceptors (Lipinski definition) is 4. The van der Waals surface area contributed by atoms with Crippen molar-refractivity contribution in [3.8, 4) is 0 Å². The highest BCUT2D eigenvalue weighted by atomic mass is 32.2. The zero-order chi connectivity index (χ0) is 29.3. The maximum Gasteiger partial charge on any atom is 0.244 e. The van der Waals surface area contributed by atoms with Crippen LogP contribution < -0.4 is 9.62 Å². The molecule has 3 aromatic rings. The van der Waals surface area contributed by atoms with Crippen LogP contribution in [0.3, 0.4) is 0 Å². The van der Waals surface area contributed by atoms with E-state index in [0.717, 1.165) is 35.3 Å². The van der Waals surface area contributed by atoms with Crippen LogP contribution in [0.2, 0.25) is 0 Å². The Morgan fingerprint density at radius 1 is 0.900 bits per heavy atom. The largest absolute Gasteiger partial charge is 0.354 e. The van der Waals surface area contributed by atoms with E-state index in [2.05, 4.69) is 5.32 Å². The molecule has 2 amide bonds. The standard InChI is InChI=1S/C29H32F3N3O4S/c1-3-4-16-33-29(37)27(17-21-10-6-5-7-11-21)34(19-22-12-8-9-13-24(22)30)28(36)20-35(40(2,38)39)23-14-15-25(31)26(32)18-23/h5-15,18,27H,3-4,16-17,19-20H2,1-2H3,(H,33,37)/t27-/m1/s1. The lowest BCUT2D eigenvalue weighted by atomic mass is 10.0. The first-order chi connectivity index (χ1) is 19.0. The molecule has 7 nitrogen and oxygen atoms in total. The van der Waals surface area contributed by atoms with Crippen LogP contribution in [0, 0.1) is 17.5 Å². The summed E-state index contributed by atoms with van der Waals surface area (Å²) in [5, 5.41) is 2.82. The summed E-state index contributed by atoms with van der Waals surface area (Å²) in [6.07, 6.45) is 2.41. The number of hydrogen-bond donors (Lipinski definition) is 1. The molecule has 0 aliphatic carbocycles. The van der Waals surface area contributed by atoms with Crippen molar-refractivity contribution < 1.29 is 31.2 Å². The molecular weight excluding hydrogens is 543 g/mol. The molecule has 0 aromatic heterocycles. The Hall–Kier alpha value is -3.86. The summed E-state index contributed by atoms with van der Waals surface area (Å²) < 4.78 is 68.2. The van der Waals surface area contributed by atoms with Crippen LogP contribution in [0.25, 0.3) is 0 Å². The number of nitrogens with zero attached hydrogens (tertiary/aromatic N) is 2. The average Bonchev–Trinajstić information content (AvgIpc) is 2.91. The Morgan fingerprint density at radius 2 is 1.57 bits per heavy atom. The molecule has 0 saturated carbocycles. The first-order valence-corrected chi connectivity index (χ1v) is 14.6. The first kappa shape index (κ1) is 30.7. The topological polar surface area (TPSA) is 86.8 Å². The van der Waals surface area contributed by atoms with Gasteiger partial charge in [0.1, 0.15) is 18.4 Å². The molecule has 1 N–H and O–H groups in total. The van der Waals surface area contributed by atoms with Gasteiger partial charge in [-0.25, -0.2) is 21.6 Å². The van der Waals surface area contributed by atoms with Crippen LogP contribution in [0.1, 0.15) is 30.9 Å². The lowest BCUT2D eigenvalue weighted by Crippen LogP contribution is -2.53. The van der Waals surface area contributed by atoms with Crippen molar-refractivity contribution in [2.75, 3.05) is 23.7 Å². The molecule has 0 unspecified atom stereocenters. The molecule has 0 spiro atoms. The quantitative estimate of drug-likeness (QED) is 0.306. The maximum atomic E-state index is 14.7. The lowest BCUT2D eigenvalue weighted by molar-refractivity contribution is -0.140. The minimum absolute atomic E-state index is 0.0725. The first-order valence-electron chi connectivity index (χ1n) is 12.8. The Balaban J connectivity index is 2.05. The van der Waals surface area contributed by atoms with E-state index in [9.17, 15) is 31.2 Å². The van der Waals surface area contributed by atoms with Gasteiger partial charge < -0.3 is 10.2 Å². The van der Waals surface area contributed by atoms with Gasteiger partial charge in [0.25, 0.3) is 0 Å². The van der Waals surface area contributed by atoms with Gasteiger partial charge in [-0.05, 0) is 30.2 Å². The van der Waals surface area contributed by atoms with Gasteiger partial charge in [-0.15, -0.1) is 0 Å². The summed E-state index contributed by atoms with van der Waals surface area (Å²) in [5.41, 5.74) is 0.576. The zero-order valence-electron chi connectivity index (χ0n) is 22.3. The van der Waals surface area contributed by atoms with E-state index in [1.807, 2.05) is 6.92 Å². The van der Waals surface area contributed by atoms with Gasteiger partial charge in [-0.3, -0.25) is 13.9 Å². The van der Waals surface area contributed by atoms with Crippen molar-refractivity contribution in [1.82, 2.24) is 10.2 Å². The smallest absolute Gasteiger partial charge is 0.244 e. The van der Waals surface area contributed by atoms with Gasteiger partial charge in [0.05, 0.1) is 11.9 Å². The van der Waals surface area contributed by atoms with E-state index in [0.29, 0.717) is 23.3 Å². The van der Waals surface area contributed by atoms with Gasteiger partial charge in [-0.2, -0.15) is 0 Å². The van der Waals surface area contributed by atoms with Crippen LogP contribution >= 0.6 is 0 Å². The Kier molecular flexibility index (Phi) is 10.7. The van der Waals surface area contributed by atoms with Gasteiger partial charge in [0.2, 0.25) is 21.8 Å². The normalized spacial score (nSPS) is 12.0. The SMILES string of the molecule is CCCCNC(=O)[C@@H](Cc1ccccc1)N(Cc1ccccc1F)C(=O)CN(c1ccc(F)c(F)c1)S(C)(=O)=O. The minimum atomic E-state index is -4.16. The van der Waals surface area contributed by atoms with E-state index in [1.165, 1.54) is 18.2 Å². The number of benzene rings is 3. The highest BCUT2D eigenvalue weighted by molar-refractivity contribution is 7.92. The molecule has 0 aliphatic rings. The van der Waals surface area contributed by atoms with Crippen molar-refractivity contribution in [3.05, 3.63) is 101 Å². The van der Waals surface area contributed by atoms with Crippen LogP contribution in [-0.4, -0.2) is 50.5 Å². The van der Waals surface area contributed by atoms with Crippen molar-refractivity contribution in [1.29, 1.82) is 0 Å². The molecule has 1 atom stereocenters. The molecule has 0 bridgehead atoms. The number of nitrogens with one attached hydrogen (secondary N) is 1. The summed E-state index contributed by atoms with van der Waals surface area (Å²) >= 11 is 0. The zero-order valence-corrected chi connectivity index (χ0v) is 23.1. The predicted octanol–water partition coefficient (Wildman–Crippen LogP) is 4.43. The summed E-state index contributed by atoms with van der Waals surface area (Å²) in [6, 6.07) is 16.0. The molecule has 3 rings (SSSR count). The molecule has 0 radical (unpaired) electrons. The average molecular weight is 576 g/mol. The molecule has 0 fully saturated rings. The third-order valence-corrected chi connectivity index (χ3v) is 7.41. The second-order valence-electron chi connectivity index (χ2n) is 9.33. The van der Waals surface area contributed by atoms with Crippen LogP contribution in [0.4, 0.5) is 18.9 Å². The van der Waals surface area contributed by atoms with Gasteiger partial charge in [0, 0.05) is 31.1 Å². The highest BCUT2D eigenvalue weighted by Gasteiger charge is 2.33. The third kappa shape index (κ3) is 8.32. The van der Waals surface area contributed by atoms with Gasteiger partial charge in [-0.1, -0.05) is 61.9 Å². The second-order valence-corrected chi connectivity index (χ2v) is 11.2. The minimum Gasteiger partial charge on any atom is -0.354 e. The predicted molar refractivity (Wildman–Crippen MR) is 147 cm³/mol. The molecule has 214 valence electrons. The van der Waals surface area contributed by atoms with E-state index in [1.54, 1.807) is 36.4 Å². The molecule has 40 heavy (non-hydrogen) atoms. The fourth-order valence-electron chi connectivity index (χ4n) is 4.12. The Labute approximate surface area is 232 Å². The summed E-state index contributed by atoms with van der Waals surface area (Å²) in [7, 11) is -4.16. The lowest BCUT2D eigenvalue weighted by Gasteiger charge is -2.33. The van der Waals surface area contributed by atoms with E-state index >= 15 is 0 Å². The molecule has 0 saturated heterocycles. The molecule has 0 heterocycles. The molecule has 0 aliphatic heterocycles. The Bertz CT molecular complexity index is 1420. The van der Waals surface area contributed by atoms with E-state index in [-0.39, 0.29) is 24.2 Å². The highest BCUT2D eigenvalue weighted by Crippen LogP contribution is 2.23. The number of halogens is 3. The molecule has 3 aromatic carbocycles. The Morgan fingerprint density at radius 3 is 2.20 bits per heavy atom. The van der Waals surface area contributed by atoms with Gasteiger partial charge >= 0.3 is 0 Å². The van der Waals surface area contributed by atoms with Crippen LogP contribution in [0.15, 0.2) is 72.8 Å². The molecular formula is C29H32F3N3O4S. The van der Waals surface area contributed by atoms with Crippen LogP contribution in [0.5, 0.6) is 0 Å². The van der Waals surface area contributed by atoms with Crippen LogP contribution in [-0.2, 0) is 32.6 Å². The van der Waals surface area contributed by atoms with Crippen molar-refractivity contribution >= 4 is 27.5 Å². The number of rotatable bonds is 13. The number of sulfonamides is 1. The number of carbonyl (C=O) groups is 2. The summed E-state index contributed by atoms with van der Waals surface area (Å²) in [6.45, 7) is 1.15. The summed E-state index contributed by atoms with van der Waals surface area (Å²) in [5.74, 6) is -4.40. The summed E-state index contributed by atoms with van der Waals surface area (Å²) in [4.78, 5) is 28.4. The second kappa shape index (κ2) is 14.0. The van der Waals surface area contributed by atoms with Crippen molar-refractivity contribution in [3.63, 3.8) is 0 Å². The number of carbonyl (C=O) groups excluding carboxylic acids is 2. The maximum absolute atomic E-state index is 14.7. The monoisotopic (exact) mass is 575 g/mol. The van der Waals surface area contributed by atoms with Crippen molar-refractivity contribution in [2.24, 2.45) is 0 Å².